The SMILES string of the molecule is O=Cc1c([N+](=O)[O-])ccc(OC(F)(F)F)c1S(=O)(=O)Cl. The van der Waals surface area contributed by atoms with Gasteiger partial charge in [0.2, 0.25) is 0 Å². The maximum absolute atomic E-state index is 12.1. The van der Waals surface area contributed by atoms with Crippen LogP contribution >= 0.6 is 10.7 Å². The number of halogens is 4. The van der Waals surface area contributed by atoms with E-state index in [4.69, 9.17) is 10.7 Å². The quantitative estimate of drug-likeness (QED) is 0.362. The molecule has 1 rings (SSSR count). The van der Waals surface area contributed by atoms with Crippen LogP contribution in [0.4, 0.5) is 18.9 Å². The fraction of sp³-hybridized carbons (Fsp3) is 0.125. The van der Waals surface area contributed by atoms with Crippen molar-refractivity contribution in [3.05, 3.63) is 27.8 Å². The number of benzene rings is 1. The normalized spacial score (nSPS) is 12.0. The maximum Gasteiger partial charge on any atom is 0.573 e. The minimum absolute atomic E-state index is 0.295. The van der Waals surface area contributed by atoms with E-state index in [0.717, 1.165) is 0 Å². The molecule has 0 saturated heterocycles. The van der Waals surface area contributed by atoms with Crippen LogP contribution in [0.1, 0.15) is 10.4 Å². The van der Waals surface area contributed by atoms with Gasteiger partial charge in [-0.15, -0.1) is 13.2 Å². The standard InChI is InChI=1S/C8H3ClF3NO6S/c9-20(17,18)7-4(3-14)5(13(15)16)1-2-6(7)19-8(10,11)12/h1-3H. The van der Waals surface area contributed by atoms with Gasteiger partial charge >= 0.3 is 6.36 Å². The lowest BCUT2D eigenvalue weighted by atomic mass is 10.2. The van der Waals surface area contributed by atoms with Crippen LogP contribution in [0.5, 0.6) is 5.75 Å². The van der Waals surface area contributed by atoms with Crippen molar-refractivity contribution in [2.75, 3.05) is 0 Å². The Bertz CT molecular complexity index is 672. The van der Waals surface area contributed by atoms with Crippen LogP contribution in [0.15, 0.2) is 17.0 Å². The average Bonchev–Trinajstić information content (AvgIpc) is 2.23. The number of carbonyl (C=O) groups excluding carboxylic acids is 1. The summed E-state index contributed by atoms with van der Waals surface area (Å²) in [6, 6.07) is 0.879. The number of alkyl halides is 3. The molecule has 0 saturated carbocycles. The van der Waals surface area contributed by atoms with Crippen molar-refractivity contribution < 1.29 is 36.0 Å². The predicted molar refractivity (Wildman–Crippen MR) is 58.2 cm³/mol. The second-order valence-corrected chi connectivity index (χ2v) is 5.69. The summed E-state index contributed by atoms with van der Waals surface area (Å²) in [7, 11) is 0.00342. The van der Waals surface area contributed by atoms with E-state index in [-0.39, 0.29) is 6.29 Å². The average molecular weight is 334 g/mol. The summed E-state index contributed by atoms with van der Waals surface area (Å²) >= 11 is 0. The number of rotatable bonds is 4. The van der Waals surface area contributed by atoms with E-state index >= 15 is 0 Å². The molecule has 0 unspecified atom stereocenters. The van der Waals surface area contributed by atoms with Gasteiger partial charge in [0.25, 0.3) is 14.7 Å². The van der Waals surface area contributed by atoms with Crippen LogP contribution in [0.3, 0.4) is 0 Å². The zero-order valence-electron chi connectivity index (χ0n) is 9.05. The van der Waals surface area contributed by atoms with Gasteiger partial charge in [0.1, 0.15) is 10.5 Å². The fourth-order valence-corrected chi connectivity index (χ4v) is 2.54. The summed E-state index contributed by atoms with van der Waals surface area (Å²) in [6.07, 6.45) is -5.57. The third-order valence-electron chi connectivity index (χ3n) is 1.92. The summed E-state index contributed by atoms with van der Waals surface area (Å²) in [6.45, 7) is 0. The largest absolute Gasteiger partial charge is 0.573 e. The van der Waals surface area contributed by atoms with Gasteiger partial charge in [-0.1, -0.05) is 0 Å². The molecule has 1 aromatic carbocycles. The first-order valence-corrected chi connectivity index (χ1v) is 6.75. The van der Waals surface area contributed by atoms with Crippen LogP contribution < -0.4 is 4.74 Å². The zero-order valence-corrected chi connectivity index (χ0v) is 10.6. The van der Waals surface area contributed by atoms with E-state index in [9.17, 15) is 36.5 Å². The third kappa shape index (κ3) is 3.57. The topological polar surface area (TPSA) is 104 Å². The Hall–Kier alpha value is -1.88. The smallest absolute Gasteiger partial charge is 0.404 e. The highest BCUT2D eigenvalue weighted by Gasteiger charge is 2.37. The van der Waals surface area contributed by atoms with E-state index < -0.39 is 42.2 Å². The van der Waals surface area contributed by atoms with Crippen LogP contribution in [0, 0.1) is 10.1 Å². The molecule has 20 heavy (non-hydrogen) atoms. The molecule has 0 aliphatic heterocycles. The van der Waals surface area contributed by atoms with Crippen LogP contribution in [-0.4, -0.2) is 26.0 Å². The van der Waals surface area contributed by atoms with Gasteiger partial charge in [-0.25, -0.2) is 8.42 Å². The lowest BCUT2D eigenvalue weighted by Gasteiger charge is -2.12. The molecule has 0 spiro atoms. The van der Waals surface area contributed by atoms with Crippen molar-refractivity contribution >= 4 is 31.7 Å². The second kappa shape index (κ2) is 5.25. The number of aldehydes is 1. The molecule has 0 aliphatic carbocycles. The number of hydrogen-bond acceptors (Lipinski definition) is 6. The van der Waals surface area contributed by atoms with Gasteiger partial charge in [-0.2, -0.15) is 0 Å². The summed E-state index contributed by atoms with van der Waals surface area (Å²) in [4.78, 5) is 18.8. The monoisotopic (exact) mass is 333 g/mol. The number of ether oxygens (including phenoxy) is 1. The number of hydrogen-bond donors (Lipinski definition) is 0. The Morgan fingerprint density at radius 3 is 2.25 bits per heavy atom. The molecule has 0 amide bonds. The second-order valence-electron chi connectivity index (χ2n) is 3.19. The minimum atomic E-state index is -5.27. The van der Waals surface area contributed by atoms with E-state index in [0.29, 0.717) is 12.1 Å². The zero-order chi connectivity index (χ0) is 15.7. The highest BCUT2D eigenvalue weighted by atomic mass is 35.7. The Kier molecular flexibility index (Phi) is 4.24. The Morgan fingerprint density at radius 2 is 1.90 bits per heavy atom. The molecule has 0 fully saturated rings. The molecular formula is C8H3ClF3NO6S. The Labute approximate surface area is 113 Å². The molecule has 0 heterocycles. The van der Waals surface area contributed by atoms with Crippen molar-refractivity contribution in [2.24, 2.45) is 0 Å². The molecule has 1 aromatic rings. The third-order valence-corrected chi connectivity index (χ3v) is 3.29. The van der Waals surface area contributed by atoms with E-state index in [1.165, 1.54) is 0 Å². The maximum atomic E-state index is 12.1. The number of nitro groups is 1. The predicted octanol–water partition coefficient (Wildman–Crippen LogP) is 2.23. The van der Waals surface area contributed by atoms with Gasteiger partial charge in [-0.05, 0) is 6.07 Å². The lowest BCUT2D eigenvalue weighted by molar-refractivity contribution is -0.385. The number of carbonyl (C=O) groups is 1. The van der Waals surface area contributed by atoms with Gasteiger partial charge in [0.15, 0.2) is 12.0 Å². The minimum Gasteiger partial charge on any atom is -0.404 e. The molecule has 0 radical (unpaired) electrons. The molecule has 110 valence electrons. The van der Waals surface area contributed by atoms with Crippen LogP contribution in [0.25, 0.3) is 0 Å². The number of nitrogens with zero attached hydrogens (tertiary/aromatic N) is 1. The van der Waals surface area contributed by atoms with Crippen molar-refractivity contribution in [2.45, 2.75) is 11.3 Å². The highest BCUT2D eigenvalue weighted by Crippen LogP contribution is 2.37. The molecule has 0 atom stereocenters. The molecule has 0 aliphatic rings. The first-order valence-electron chi connectivity index (χ1n) is 4.44. The summed E-state index contributed by atoms with van der Waals surface area (Å²) in [5, 5.41) is 10.6. The molecule has 0 N–H and O–H groups in total. The lowest BCUT2D eigenvalue weighted by Crippen LogP contribution is -2.19. The van der Waals surface area contributed by atoms with Gasteiger partial charge in [0.05, 0.1) is 4.92 Å². The fourth-order valence-electron chi connectivity index (χ4n) is 1.30. The molecule has 12 heteroatoms. The van der Waals surface area contributed by atoms with Crippen molar-refractivity contribution in [3.63, 3.8) is 0 Å². The van der Waals surface area contributed by atoms with Gasteiger partial charge in [0, 0.05) is 16.7 Å². The highest BCUT2D eigenvalue weighted by molar-refractivity contribution is 8.13. The Morgan fingerprint density at radius 1 is 1.35 bits per heavy atom. The first kappa shape index (κ1) is 16.2. The van der Waals surface area contributed by atoms with Gasteiger partial charge < -0.3 is 4.74 Å². The van der Waals surface area contributed by atoms with E-state index in [1.54, 1.807) is 0 Å². The van der Waals surface area contributed by atoms with Crippen LogP contribution in [0.2, 0.25) is 0 Å². The van der Waals surface area contributed by atoms with Gasteiger partial charge in [-0.3, -0.25) is 14.9 Å². The molecule has 0 aromatic heterocycles. The van der Waals surface area contributed by atoms with Crippen molar-refractivity contribution in [1.82, 2.24) is 0 Å². The summed E-state index contributed by atoms with van der Waals surface area (Å²) in [5.41, 5.74) is -2.15. The summed E-state index contributed by atoms with van der Waals surface area (Å²) < 4.78 is 62.2. The van der Waals surface area contributed by atoms with Crippen LogP contribution in [-0.2, 0) is 9.05 Å². The first-order chi connectivity index (χ1) is 8.97. The summed E-state index contributed by atoms with van der Waals surface area (Å²) in [5.74, 6) is -1.33. The van der Waals surface area contributed by atoms with E-state index in [2.05, 4.69) is 4.74 Å². The van der Waals surface area contributed by atoms with Crippen molar-refractivity contribution in [1.29, 1.82) is 0 Å². The molecule has 0 bridgehead atoms. The Balaban J connectivity index is 3.72. The molecular weight excluding hydrogens is 331 g/mol. The number of nitro benzene ring substituents is 1. The van der Waals surface area contributed by atoms with E-state index in [1.807, 2.05) is 0 Å². The van der Waals surface area contributed by atoms with Crippen molar-refractivity contribution in [3.8, 4) is 5.75 Å². The molecule has 7 nitrogen and oxygen atoms in total.